The molecule has 116 valence electrons. The van der Waals surface area contributed by atoms with Gasteiger partial charge in [-0.1, -0.05) is 12.1 Å². The highest BCUT2D eigenvalue weighted by atomic mass is 16.2. The highest BCUT2D eigenvalue weighted by Crippen LogP contribution is 2.30. The summed E-state index contributed by atoms with van der Waals surface area (Å²) in [6.45, 7) is 0.604. The fourth-order valence-corrected chi connectivity index (χ4v) is 3.01. The molecule has 0 radical (unpaired) electrons. The van der Waals surface area contributed by atoms with Crippen molar-refractivity contribution < 1.29 is 4.79 Å². The van der Waals surface area contributed by atoms with Crippen LogP contribution in [0.2, 0.25) is 0 Å². The molecule has 0 aliphatic carbocycles. The van der Waals surface area contributed by atoms with Crippen LogP contribution < -0.4 is 5.56 Å². The first-order chi connectivity index (χ1) is 11.2. The quantitative estimate of drug-likeness (QED) is 0.734. The summed E-state index contributed by atoms with van der Waals surface area (Å²) in [4.78, 5) is 33.8. The first-order valence-electron chi connectivity index (χ1n) is 7.40. The molecule has 1 aliphatic heterocycles. The number of nitrogens with one attached hydrogen (secondary N) is 2. The van der Waals surface area contributed by atoms with Gasteiger partial charge in [0, 0.05) is 6.54 Å². The molecule has 1 fully saturated rings. The van der Waals surface area contributed by atoms with Gasteiger partial charge in [0.1, 0.15) is 5.82 Å². The summed E-state index contributed by atoms with van der Waals surface area (Å²) in [5.41, 5.74) is 0.707. The monoisotopic (exact) mass is 310 g/mol. The van der Waals surface area contributed by atoms with E-state index in [0.717, 1.165) is 12.8 Å². The van der Waals surface area contributed by atoms with Crippen LogP contribution in [0.5, 0.6) is 0 Å². The van der Waals surface area contributed by atoms with Gasteiger partial charge in [0.15, 0.2) is 5.69 Å². The Hall–Kier alpha value is -3.03. The van der Waals surface area contributed by atoms with E-state index in [-0.39, 0.29) is 23.2 Å². The number of aromatic amines is 2. The zero-order valence-electron chi connectivity index (χ0n) is 12.2. The molecule has 1 amide bonds. The maximum atomic E-state index is 12.5. The fourth-order valence-electron chi connectivity index (χ4n) is 3.01. The Morgan fingerprint density at radius 1 is 1.30 bits per heavy atom. The Labute approximate surface area is 130 Å². The number of rotatable bonds is 2. The van der Waals surface area contributed by atoms with E-state index in [2.05, 4.69) is 25.4 Å². The Kier molecular flexibility index (Phi) is 3.14. The number of carbonyl (C=O) groups is 1. The molecule has 3 heterocycles. The van der Waals surface area contributed by atoms with Crippen LogP contribution in [0.3, 0.4) is 0 Å². The van der Waals surface area contributed by atoms with Crippen LogP contribution in [-0.4, -0.2) is 42.7 Å². The predicted molar refractivity (Wildman–Crippen MR) is 81.8 cm³/mol. The molecule has 2 N–H and O–H groups in total. The second kappa shape index (κ2) is 5.31. The van der Waals surface area contributed by atoms with Crippen molar-refractivity contribution in [3.8, 4) is 0 Å². The van der Waals surface area contributed by atoms with Gasteiger partial charge in [0.05, 0.1) is 23.1 Å². The third-order valence-electron chi connectivity index (χ3n) is 4.09. The molecule has 23 heavy (non-hydrogen) atoms. The summed E-state index contributed by atoms with van der Waals surface area (Å²) in [5.74, 6) is 0.306. The van der Waals surface area contributed by atoms with Crippen LogP contribution in [0.15, 0.2) is 35.3 Å². The van der Waals surface area contributed by atoms with Crippen molar-refractivity contribution in [3.63, 3.8) is 0 Å². The number of benzene rings is 1. The summed E-state index contributed by atoms with van der Waals surface area (Å²) >= 11 is 0. The number of carbonyl (C=O) groups excluding carboxylic acids is 1. The number of para-hydroxylation sites is 1. The second-order valence-corrected chi connectivity index (χ2v) is 5.48. The van der Waals surface area contributed by atoms with Crippen LogP contribution in [-0.2, 0) is 0 Å². The topological polar surface area (TPSA) is 108 Å². The predicted octanol–water partition coefficient (Wildman–Crippen LogP) is 1.02. The van der Waals surface area contributed by atoms with Crippen molar-refractivity contribution in [2.45, 2.75) is 18.9 Å². The number of nitrogens with zero attached hydrogens (tertiary/aromatic N) is 4. The normalized spacial score (nSPS) is 17.7. The molecular formula is C15H14N6O2. The van der Waals surface area contributed by atoms with Gasteiger partial charge in [-0.25, -0.2) is 4.98 Å². The number of fused-ring (bicyclic) bond motifs is 1. The SMILES string of the molecule is O=C(c1cn[nH]n1)N1CCCC1c1nc2ccccc2c(=O)[nH]1. The molecule has 3 aromatic rings. The van der Waals surface area contributed by atoms with Gasteiger partial charge in [-0.05, 0) is 25.0 Å². The van der Waals surface area contributed by atoms with Crippen molar-refractivity contribution in [3.05, 3.63) is 52.3 Å². The van der Waals surface area contributed by atoms with E-state index in [1.165, 1.54) is 6.20 Å². The Morgan fingerprint density at radius 3 is 3.00 bits per heavy atom. The van der Waals surface area contributed by atoms with Gasteiger partial charge < -0.3 is 9.88 Å². The Morgan fingerprint density at radius 2 is 2.17 bits per heavy atom. The molecular weight excluding hydrogens is 296 g/mol. The van der Waals surface area contributed by atoms with Crippen molar-refractivity contribution in [2.75, 3.05) is 6.54 Å². The molecule has 1 unspecified atom stereocenters. The molecule has 1 saturated heterocycles. The number of amides is 1. The van der Waals surface area contributed by atoms with E-state index in [1.54, 1.807) is 23.1 Å². The highest BCUT2D eigenvalue weighted by Gasteiger charge is 2.33. The van der Waals surface area contributed by atoms with Crippen molar-refractivity contribution in [2.24, 2.45) is 0 Å². The van der Waals surface area contributed by atoms with Crippen LogP contribution in [0.1, 0.15) is 35.2 Å². The standard InChI is InChI=1S/C15H14N6O2/c22-14-9-4-1-2-5-10(9)17-13(18-14)12-6-3-7-21(12)15(23)11-8-16-20-19-11/h1-2,4-5,8,12H,3,6-7H2,(H,16,19,20)(H,17,18,22). The molecule has 4 rings (SSSR count). The molecule has 0 bridgehead atoms. The summed E-state index contributed by atoms with van der Waals surface area (Å²) in [5, 5.41) is 10.5. The number of likely N-dealkylation sites (tertiary alicyclic amines) is 1. The number of aromatic nitrogens is 5. The van der Waals surface area contributed by atoms with Crippen LogP contribution in [0.4, 0.5) is 0 Å². The number of hydrogen-bond donors (Lipinski definition) is 2. The van der Waals surface area contributed by atoms with Gasteiger partial charge in [0.2, 0.25) is 0 Å². The molecule has 8 heteroatoms. The number of H-pyrrole nitrogens is 2. The lowest BCUT2D eigenvalue weighted by Gasteiger charge is -2.23. The fraction of sp³-hybridized carbons (Fsp3) is 0.267. The number of hydrogen-bond acceptors (Lipinski definition) is 5. The lowest BCUT2D eigenvalue weighted by atomic mass is 10.2. The van der Waals surface area contributed by atoms with E-state index in [4.69, 9.17) is 0 Å². The van der Waals surface area contributed by atoms with Gasteiger partial charge in [0.25, 0.3) is 11.5 Å². The first kappa shape index (κ1) is 13.6. The van der Waals surface area contributed by atoms with E-state index in [1.807, 2.05) is 6.07 Å². The zero-order valence-corrected chi connectivity index (χ0v) is 12.2. The summed E-state index contributed by atoms with van der Waals surface area (Å²) in [6.07, 6.45) is 3.00. The van der Waals surface area contributed by atoms with Crippen LogP contribution in [0.25, 0.3) is 10.9 Å². The average Bonchev–Trinajstić information content (AvgIpc) is 3.26. The van der Waals surface area contributed by atoms with Gasteiger partial charge in [-0.15, -0.1) is 0 Å². The van der Waals surface area contributed by atoms with Gasteiger partial charge in [-0.3, -0.25) is 9.59 Å². The Bertz CT molecular complexity index is 917. The van der Waals surface area contributed by atoms with E-state index >= 15 is 0 Å². The minimum Gasteiger partial charge on any atom is -0.327 e. The lowest BCUT2D eigenvalue weighted by Crippen LogP contribution is -2.32. The van der Waals surface area contributed by atoms with Gasteiger partial charge >= 0.3 is 0 Å². The molecule has 0 spiro atoms. The summed E-state index contributed by atoms with van der Waals surface area (Å²) in [7, 11) is 0. The van der Waals surface area contributed by atoms with E-state index < -0.39 is 0 Å². The summed E-state index contributed by atoms with van der Waals surface area (Å²) < 4.78 is 0. The average molecular weight is 310 g/mol. The van der Waals surface area contributed by atoms with Crippen LogP contribution >= 0.6 is 0 Å². The maximum absolute atomic E-state index is 12.5. The highest BCUT2D eigenvalue weighted by molar-refractivity contribution is 5.92. The van der Waals surface area contributed by atoms with Crippen molar-refractivity contribution in [1.29, 1.82) is 0 Å². The maximum Gasteiger partial charge on any atom is 0.276 e. The molecule has 1 atom stereocenters. The third-order valence-corrected chi connectivity index (χ3v) is 4.09. The molecule has 2 aromatic heterocycles. The second-order valence-electron chi connectivity index (χ2n) is 5.48. The van der Waals surface area contributed by atoms with Crippen molar-refractivity contribution >= 4 is 16.8 Å². The summed E-state index contributed by atoms with van der Waals surface area (Å²) in [6, 6.07) is 6.92. The van der Waals surface area contributed by atoms with E-state index in [9.17, 15) is 9.59 Å². The molecule has 0 saturated carbocycles. The zero-order chi connectivity index (χ0) is 15.8. The molecule has 8 nitrogen and oxygen atoms in total. The minimum absolute atomic E-state index is 0.189. The van der Waals surface area contributed by atoms with Crippen molar-refractivity contribution in [1.82, 2.24) is 30.3 Å². The first-order valence-corrected chi connectivity index (χ1v) is 7.40. The van der Waals surface area contributed by atoms with Crippen LogP contribution in [0, 0.1) is 0 Å². The smallest absolute Gasteiger partial charge is 0.276 e. The lowest BCUT2D eigenvalue weighted by molar-refractivity contribution is 0.0724. The largest absolute Gasteiger partial charge is 0.327 e. The molecule has 1 aromatic carbocycles. The molecule has 1 aliphatic rings. The minimum atomic E-state index is -0.253. The van der Waals surface area contributed by atoms with E-state index in [0.29, 0.717) is 23.3 Å². The Balaban J connectivity index is 1.74. The third kappa shape index (κ3) is 2.28. The van der Waals surface area contributed by atoms with Gasteiger partial charge in [-0.2, -0.15) is 15.4 Å².